The van der Waals surface area contributed by atoms with E-state index in [9.17, 15) is 14.7 Å². The number of carboxylic acid groups (broad SMARTS) is 1. The number of benzene rings is 1. The fraction of sp³-hybridized carbons (Fsp3) is 0.421. The average molecular weight is 357 g/mol. The van der Waals surface area contributed by atoms with Gasteiger partial charge in [-0.05, 0) is 23.6 Å². The number of para-hydroxylation sites is 1. The Morgan fingerprint density at radius 2 is 2.04 bits per heavy atom. The van der Waals surface area contributed by atoms with Crippen LogP contribution in [0.15, 0.2) is 30.3 Å². The van der Waals surface area contributed by atoms with Crippen LogP contribution in [0, 0.1) is 5.92 Å². The number of methoxy groups -OCH3 is 1. The van der Waals surface area contributed by atoms with Gasteiger partial charge in [-0.25, -0.2) is 0 Å². The van der Waals surface area contributed by atoms with E-state index in [-0.39, 0.29) is 24.3 Å². The molecule has 0 saturated carbocycles. The molecule has 26 heavy (non-hydrogen) atoms. The predicted octanol–water partition coefficient (Wildman–Crippen LogP) is 2.48. The second kappa shape index (κ2) is 7.19. The SMILES string of the molecule is COc1ccccc1C1CN(C(=O)c2cc(C(C)C)[nH]n2)CC1C(=O)O. The zero-order chi connectivity index (χ0) is 18.8. The second-order valence-corrected chi connectivity index (χ2v) is 6.87. The van der Waals surface area contributed by atoms with Gasteiger partial charge in [-0.3, -0.25) is 14.7 Å². The van der Waals surface area contributed by atoms with Gasteiger partial charge in [-0.1, -0.05) is 32.0 Å². The molecule has 0 aliphatic carbocycles. The standard InChI is InChI=1S/C19H23N3O4/c1-11(2)15-8-16(21-20-15)18(23)22-9-13(14(10-22)19(24)25)12-6-4-5-7-17(12)26-3/h4-8,11,13-14H,9-10H2,1-3H3,(H,20,21)(H,24,25). The minimum Gasteiger partial charge on any atom is -0.496 e. The maximum Gasteiger partial charge on any atom is 0.308 e. The van der Waals surface area contributed by atoms with E-state index in [1.165, 1.54) is 0 Å². The molecule has 0 spiro atoms. The first-order valence-corrected chi connectivity index (χ1v) is 8.62. The van der Waals surface area contributed by atoms with Crippen LogP contribution >= 0.6 is 0 Å². The van der Waals surface area contributed by atoms with Crippen LogP contribution in [0.3, 0.4) is 0 Å². The number of hydrogen-bond acceptors (Lipinski definition) is 4. The molecule has 2 heterocycles. The van der Waals surface area contributed by atoms with Crippen molar-refractivity contribution in [2.45, 2.75) is 25.7 Å². The van der Waals surface area contributed by atoms with Crippen molar-refractivity contribution < 1.29 is 19.4 Å². The average Bonchev–Trinajstić information content (AvgIpc) is 3.28. The number of rotatable bonds is 5. The smallest absolute Gasteiger partial charge is 0.308 e. The van der Waals surface area contributed by atoms with Gasteiger partial charge >= 0.3 is 5.97 Å². The number of carbonyl (C=O) groups excluding carboxylic acids is 1. The van der Waals surface area contributed by atoms with Crippen LogP contribution < -0.4 is 4.74 Å². The molecular weight excluding hydrogens is 334 g/mol. The molecule has 2 aromatic rings. The van der Waals surface area contributed by atoms with Gasteiger partial charge in [0, 0.05) is 24.7 Å². The fourth-order valence-corrected chi connectivity index (χ4v) is 3.41. The van der Waals surface area contributed by atoms with Gasteiger partial charge in [-0.15, -0.1) is 0 Å². The van der Waals surface area contributed by atoms with Crippen LogP contribution in [-0.2, 0) is 4.79 Å². The van der Waals surface area contributed by atoms with E-state index in [0.29, 0.717) is 18.0 Å². The summed E-state index contributed by atoms with van der Waals surface area (Å²) in [6.45, 7) is 4.49. The van der Waals surface area contributed by atoms with Crippen LogP contribution in [0.1, 0.15) is 47.4 Å². The number of ether oxygens (including phenoxy) is 1. The quantitative estimate of drug-likeness (QED) is 0.857. The number of carboxylic acids is 1. The Morgan fingerprint density at radius 1 is 1.31 bits per heavy atom. The molecule has 2 N–H and O–H groups in total. The molecular formula is C19H23N3O4. The van der Waals surface area contributed by atoms with Crippen LogP contribution in [0.4, 0.5) is 0 Å². The van der Waals surface area contributed by atoms with E-state index in [1.807, 2.05) is 32.0 Å². The number of hydrogen-bond donors (Lipinski definition) is 2. The van der Waals surface area contributed by atoms with Gasteiger partial charge in [0.25, 0.3) is 5.91 Å². The highest BCUT2D eigenvalue weighted by Crippen LogP contribution is 2.38. The number of nitrogens with zero attached hydrogens (tertiary/aromatic N) is 2. The molecule has 1 fully saturated rings. The van der Waals surface area contributed by atoms with Crippen molar-refractivity contribution in [2.75, 3.05) is 20.2 Å². The molecule has 0 radical (unpaired) electrons. The second-order valence-electron chi connectivity index (χ2n) is 6.87. The van der Waals surface area contributed by atoms with E-state index >= 15 is 0 Å². The Bertz CT molecular complexity index is 815. The summed E-state index contributed by atoms with van der Waals surface area (Å²) in [5, 5.41) is 16.6. The Balaban J connectivity index is 1.87. The third-order valence-corrected chi connectivity index (χ3v) is 4.90. The number of H-pyrrole nitrogens is 1. The molecule has 7 nitrogen and oxygen atoms in total. The number of aromatic nitrogens is 2. The molecule has 2 atom stereocenters. The van der Waals surface area contributed by atoms with Crippen molar-refractivity contribution in [1.82, 2.24) is 15.1 Å². The summed E-state index contributed by atoms with van der Waals surface area (Å²) >= 11 is 0. The normalized spacial score (nSPS) is 19.8. The lowest BCUT2D eigenvalue weighted by Gasteiger charge is -2.18. The van der Waals surface area contributed by atoms with Gasteiger partial charge in [0.05, 0.1) is 13.0 Å². The molecule has 1 aliphatic rings. The van der Waals surface area contributed by atoms with Crippen LogP contribution in [0.2, 0.25) is 0 Å². The van der Waals surface area contributed by atoms with E-state index in [2.05, 4.69) is 10.2 Å². The van der Waals surface area contributed by atoms with Crippen molar-refractivity contribution in [3.8, 4) is 5.75 Å². The summed E-state index contributed by atoms with van der Waals surface area (Å²) < 4.78 is 5.38. The Hall–Kier alpha value is -2.83. The van der Waals surface area contributed by atoms with Gasteiger partial charge in [0.1, 0.15) is 11.4 Å². The van der Waals surface area contributed by atoms with Crippen molar-refractivity contribution >= 4 is 11.9 Å². The van der Waals surface area contributed by atoms with Crippen LogP contribution in [0.25, 0.3) is 0 Å². The van der Waals surface area contributed by atoms with Gasteiger partial charge in [0.15, 0.2) is 0 Å². The van der Waals surface area contributed by atoms with E-state index < -0.39 is 11.9 Å². The van der Waals surface area contributed by atoms with Crippen molar-refractivity contribution in [2.24, 2.45) is 5.92 Å². The number of aromatic amines is 1. The maximum atomic E-state index is 12.8. The van der Waals surface area contributed by atoms with Crippen molar-refractivity contribution in [1.29, 1.82) is 0 Å². The summed E-state index contributed by atoms with van der Waals surface area (Å²) in [5.41, 5.74) is 2.00. The first-order chi connectivity index (χ1) is 12.4. The van der Waals surface area contributed by atoms with Gasteiger partial charge in [-0.2, -0.15) is 5.10 Å². The number of aliphatic carboxylic acids is 1. The topological polar surface area (TPSA) is 95.5 Å². The molecule has 1 aliphatic heterocycles. The van der Waals surface area contributed by atoms with E-state index in [0.717, 1.165) is 11.3 Å². The summed E-state index contributed by atoms with van der Waals surface area (Å²) in [4.78, 5) is 26.1. The highest BCUT2D eigenvalue weighted by atomic mass is 16.5. The maximum absolute atomic E-state index is 12.8. The Kier molecular flexibility index (Phi) is 4.97. The highest BCUT2D eigenvalue weighted by molar-refractivity contribution is 5.93. The Morgan fingerprint density at radius 3 is 2.65 bits per heavy atom. The van der Waals surface area contributed by atoms with Crippen molar-refractivity contribution in [3.05, 3.63) is 47.3 Å². The minimum absolute atomic E-state index is 0.154. The first kappa shape index (κ1) is 18.0. The summed E-state index contributed by atoms with van der Waals surface area (Å²) in [5.74, 6) is -1.30. The summed E-state index contributed by atoms with van der Waals surface area (Å²) in [6.07, 6.45) is 0. The Labute approximate surface area is 152 Å². The summed E-state index contributed by atoms with van der Waals surface area (Å²) in [7, 11) is 1.56. The lowest BCUT2D eigenvalue weighted by molar-refractivity contribution is -0.141. The van der Waals surface area contributed by atoms with Crippen LogP contribution in [-0.4, -0.2) is 52.3 Å². The molecule has 3 rings (SSSR count). The van der Waals surface area contributed by atoms with Gasteiger partial charge in [0.2, 0.25) is 0 Å². The fourth-order valence-electron chi connectivity index (χ4n) is 3.41. The van der Waals surface area contributed by atoms with Crippen molar-refractivity contribution in [3.63, 3.8) is 0 Å². The number of nitrogens with one attached hydrogen (secondary N) is 1. The largest absolute Gasteiger partial charge is 0.496 e. The lowest BCUT2D eigenvalue weighted by atomic mass is 9.88. The monoisotopic (exact) mass is 357 g/mol. The van der Waals surface area contributed by atoms with E-state index in [1.54, 1.807) is 24.1 Å². The molecule has 0 bridgehead atoms. The van der Waals surface area contributed by atoms with E-state index in [4.69, 9.17) is 4.74 Å². The zero-order valence-corrected chi connectivity index (χ0v) is 15.1. The molecule has 138 valence electrons. The third-order valence-electron chi connectivity index (χ3n) is 4.90. The predicted molar refractivity (Wildman–Crippen MR) is 95.4 cm³/mol. The van der Waals surface area contributed by atoms with Gasteiger partial charge < -0.3 is 14.7 Å². The molecule has 1 saturated heterocycles. The lowest BCUT2D eigenvalue weighted by Crippen LogP contribution is -2.30. The first-order valence-electron chi connectivity index (χ1n) is 8.62. The zero-order valence-electron chi connectivity index (χ0n) is 15.1. The molecule has 1 aromatic heterocycles. The summed E-state index contributed by atoms with van der Waals surface area (Å²) in [6, 6.07) is 9.09. The molecule has 1 aromatic carbocycles. The number of carbonyl (C=O) groups is 2. The third kappa shape index (κ3) is 3.29. The van der Waals surface area contributed by atoms with Crippen LogP contribution in [0.5, 0.6) is 5.75 Å². The highest BCUT2D eigenvalue weighted by Gasteiger charge is 2.42. The molecule has 7 heteroatoms. The number of amides is 1. The number of likely N-dealkylation sites (tertiary alicyclic amines) is 1. The molecule has 1 amide bonds. The minimum atomic E-state index is -0.916. The molecule has 2 unspecified atom stereocenters.